The van der Waals surface area contributed by atoms with Crippen molar-refractivity contribution in [1.29, 1.82) is 0 Å². The van der Waals surface area contributed by atoms with Gasteiger partial charge in [0.1, 0.15) is 0 Å². The van der Waals surface area contributed by atoms with E-state index in [2.05, 4.69) is 25.2 Å². The Hall–Kier alpha value is -0.480. The van der Waals surface area contributed by atoms with Crippen LogP contribution in [-0.2, 0) is 0 Å². The minimum Gasteiger partial charge on any atom is -0.319 e. The van der Waals surface area contributed by atoms with E-state index >= 15 is 0 Å². The molecule has 1 heteroatoms. The average Bonchev–Trinajstić information content (AvgIpc) is 2.28. The van der Waals surface area contributed by atoms with Crippen LogP contribution in [0.3, 0.4) is 0 Å². The lowest BCUT2D eigenvalue weighted by atomic mass is 9.71. The van der Waals surface area contributed by atoms with E-state index in [0.717, 1.165) is 24.2 Å². The topological polar surface area (TPSA) is 12.0 Å². The monoisotopic (exact) mass is 207 g/mol. The van der Waals surface area contributed by atoms with E-state index in [-0.39, 0.29) is 0 Å². The lowest BCUT2D eigenvalue weighted by Crippen LogP contribution is -2.31. The Morgan fingerprint density at radius 1 is 1.33 bits per heavy atom. The van der Waals surface area contributed by atoms with Crippen molar-refractivity contribution in [3.05, 3.63) is 0 Å². The molecule has 0 aromatic carbocycles. The van der Waals surface area contributed by atoms with Gasteiger partial charge in [0.15, 0.2) is 0 Å². The SMILES string of the molecule is C#CCCC1CC(CC)CCC1CNC. The summed E-state index contributed by atoms with van der Waals surface area (Å²) in [7, 11) is 2.06. The van der Waals surface area contributed by atoms with Crippen molar-refractivity contribution in [3.8, 4) is 12.3 Å². The summed E-state index contributed by atoms with van der Waals surface area (Å²) < 4.78 is 0. The lowest BCUT2D eigenvalue weighted by Gasteiger charge is -2.35. The van der Waals surface area contributed by atoms with Crippen LogP contribution in [0, 0.1) is 30.1 Å². The zero-order valence-corrected chi connectivity index (χ0v) is 10.3. The molecule has 15 heavy (non-hydrogen) atoms. The Morgan fingerprint density at radius 2 is 2.13 bits per heavy atom. The van der Waals surface area contributed by atoms with Crippen molar-refractivity contribution in [2.24, 2.45) is 17.8 Å². The maximum Gasteiger partial charge on any atom is 0.00888 e. The second-order valence-corrected chi connectivity index (χ2v) is 4.91. The first kappa shape index (κ1) is 12.6. The molecule has 0 heterocycles. The van der Waals surface area contributed by atoms with E-state index in [1.165, 1.54) is 38.6 Å². The van der Waals surface area contributed by atoms with Crippen molar-refractivity contribution in [2.75, 3.05) is 13.6 Å². The van der Waals surface area contributed by atoms with Gasteiger partial charge in [-0.15, -0.1) is 12.3 Å². The van der Waals surface area contributed by atoms with Gasteiger partial charge in [-0.1, -0.05) is 19.8 Å². The molecule has 1 saturated carbocycles. The Kier molecular flexibility index (Phi) is 5.79. The molecule has 1 fully saturated rings. The number of hydrogen-bond acceptors (Lipinski definition) is 1. The highest BCUT2D eigenvalue weighted by atomic mass is 14.8. The Morgan fingerprint density at radius 3 is 2.73 bits per heavy atom. The summed E-state index contributed by atoms with van der Waals surface area (Å²) in [6, 6.07) is 0. The smallest absolute Gasteiger partial charge is 0.00888 e. The summed E-state index contributed by atoms with van der Waals surface area (Å²) in [4.78, 5) is 0. The second-order valence-electron chi connectivity index (χ2n) is 4.91. The third-order valence-corrected chi connectivity index (χ3v) is 3.95. The normalized spacial score (nSPS) is 31.1. The van der Waals surface area contributed by atoms with Crippen LogP contribution in [0.25, 0.3) is 0 Å². The van der Waals surface area contributed by atoms with Gasteiger partial charge in [0.25, 0.3) is 0 Å². The van der Waals surface area contributed by atoms with Gasteiger partial charge in [-0.2, -0.15) is 0 Å². The maximum absolute atomic E-state index is 5.37. The first-order chi connectivity index (χ1) is 7.31. The minimum absolute atomic E-state index is 0.867. The lowest BCUT2D eigenvalue weighted by molar-refractivity contribution is 0.166. The van der Waals surface area contributed by atoms with Gasteiger partial charge in [0, 0.05) is 6.42 Å². The Balaban J connectivity index is 2.45. The molecule has 0 aromatic rings. The maximum atomic E-state index is 5.37. The van der Waals surface area contributed by atoms with Crippen LogP contribution in [0.1, 0.15) is 45.4 Å². The van der Waals surface area contributed by atoms with Crippen molar-refractivity contribution in [1.82, 2.24) is 5.32 Å². The first-order valence-corrected chi connectivity index (χ1v) is 6.39. The van der Waals surface area contributed by atoms with Crippen LogP contribution in [0.15, 0.2) is 0 Å². The van der Waals surface area contributed by atoms with E-state index in [1.807, 2.05) is 0 Å². The van der Waals surface area contributed by atoms with E-state index in [9.17, 15) is 0 Å². The largest absolute Gasteiger partial charge is 0.319 e. The summed E-state index contributed by atoms with van der Waals surface area (Å²) in [5.41, 5.74) is 0. The standard InChI is InChI=1S/C14H25N/c1-4-6-7-13-10-12(5-2)8-9-14(13)11-15-3/h1,12-15H,5-11H2,2-3H3. The number of rotatable bonds is 5. The fraction of sp³-hybridized carbons (Fsp3) is 0.857. The van der Waals surface area contributed by atoms with Crippen LogP contribution >= 0.6 is 0 Å². The third kappa shape index (κ3) is 3.87. The number of nitrogens with one attached hydrogen (secondary N) is 1. The quantitative estimate of drug-likeness (QED) is 0.683. The predicted octanol–water partition coefficient (Wildman–Crippen LogP) is 3.06. The van der Waals surface area contributed by atoms with Crippen LogP contribution in [0.5, 0.6) is 0 Å². The molecule has 0 aliphatic heterocycles. The van der Waals surface area contributed by atoms with Crippen molar-refractivity contribution in [3.63, 3.8) is 0 Å². The molecule has 0 saturated heterocycles. The van der Waals surface area contributed by atoms with Crippen molar-refractivity contribution < 1.29 is 0 Å². The van der Waals surface area contributed by atoms with Crippen LogP contribution < -0.4 is 5.32 Å². The highest BCUT2D eigenvalue weighted by Gasteiger charge is 2.28. The van der Waals surface area contributed by atoms with E-state index in [1.54, 1.807) is 0 Å². The predicted molar refractivity (Wildman–Crippen MR) is 66.6 cm³/mol. The fourth-order valence-corrected chi connectivity index (χ4v) is 2.95. The molecular weight excluding hydrogens is 182 g/mol. The molecule has 0 radical (unpaired) electrons. The first-order valence-electron chi connectivity index (χ1n) is 6.39. The van der Waals surface area contributed by atoms with Gasteiger partial charge >= 0.3 is 0 Å². The molecule has 3 unspecified atom stereocenters. The number of terminal acetylenes is 1. The van der Waals surface area contributed by atoms with E-state index in [4.69, 9.17) is 6.42 Å². The molecule has 0 bridgehead atoms. The Bertz CT molecular complexity index is 204. The molecule has 1 N–H and O–H groups in total. The zero-order chi connectivity index (χ0) is 11.1. The van der Waals surface area contributed by atoms with Gasteiger partial charge < -0.3 is 5.32 Å². The molecule has 0 aromatic heterocycles. The van der Waals surface area contributed by atoms with Gasteiger partial charge in [0.05, 0.1) is 0 Å². The molecule has 86 valence electrons. The zero-order valence-electron chi connectivity index (χ0n) is 10.3. The number of hydrogen-bond donors (Lipinski definition) is 1. The van der Waals surface area contributed by atoms with Crippen molar-refractivity contribution >= 4 is 0 Å². The van der Waals surface area contributed by atoms with Gasteiger partial charge in [-0.3, -0.25) is 0 Å². The highest BCUT2D eigenvalue weighted by Crippen LogP contribution is 2.37. The average molecular weight is 207 g/mol. The summed E-state index contributed by atoms with van der Waals surface area (Å²) in [5.74, 6) is 5.48. The Labute approximate surface area is 95.0 Å². The second kappa shape index (κ2) is 6.90. The molecule has 1 aliphatic rings. The van der Waals surface area contributed by atoms with Gasteiger partial charge in [0.2, 0.25) is 0 Å². The van der Waals surface area contributed by atoms with Crippen LogP contribution in [-0.4, -0.2) is 13.6 Å². The molecule has 1 nitrogen and oxygen atoms in total. The van der Waals surface area contributed by atoms with Crippen LogP contribution in [0.4, 0.5) is 0 Å². The fourth-order valence-electron chi connectivity index (χ4n) is 2.95. The van der Waals surface area contributed by atoms with Gasteiger partial charge in [-0.05, 0) is 50.6 Å². The molecule has 1 aliphatic carbocycles. The summed E-state index contributed by atoms with van der Waals surface area (Å²) >= 11 is 0. The van der Waals surface area contributed by atoms with Crippen molar-refractivity contribution in [2.45, 2.75) is 45.4 Å². The molecule has 0 spiro atoms. The summed E-state index contributed by atoms with van der Waals surface area (Å²) in [6.45, 7) is 3.49. The molecule has 1 rings (SSSR count). The molecular formula is C14H25N. The minimum atomic E-state index is 0.867. The highest BCUT2D eigenvalue weighted by molar-refractivity contribution is 4.88. The third-order valence-electron chi connectivity index (χ3n) is 3.95. The molecule has 0 amide bonds. The summed E-state index contributed by atoms with van der Waals surface area (Å²) in [5, 5.41) is 3.33. The van der Waals surface area contributed by atoms with E-state index < -0.39 is 0 Å². The molecule has 3 atom stereocenters. The van der Waals surface area contributed by atoms with E-state index in [0.29, 0.717) is 0 Å². The van der Waals surface area contributed by atoms with Crippen LogP contribution in [0.2, 0.25) is 0 Å². The van der Waals surface area contributed by atoms with Gasteiger partial charge in [-0.25, -0.2) is 0 Å². The summed E-state index contributed by atoms with van der Waals surface area (Å²) in [6.07, 6.45) is 13.1.